The third kappa shape index (κ3) is 3.50. The fraction of sp³-hybridized carbons (Fsp3) is 0.786. The van der Waals surface area contributed by atoms with E-state index in [9.17, 15) is 5.11 Å². The van der Waals surface area contributed by atoms with Crippen LogP contribution in [-0.4, -0.2) is 11.2 Å². The summed E-state index contributed by atoms with van der Waals surface area (Å²) in [5, 5.41) is 10.2. The summed E-state index contributed by atoms with van der Waals surface area (Å²) in [5.41, 5.74) is 4.11. The van der Waals surface area contributed by atoms with Crippen LogP contribution in [0.25, 0.3) is 0 Å². The summed E-state index contributed by atoms with van der Waals surface area (Å²) in [4.78, 5) is 0. The molecule has 0 spiro atoms. The lowest BCUT2D eigenvalue weighted by molar-refractivity contribution is 0.0316. The second kappa shape index (κ2) is 7.70. The molecule has 8 atom stereocenters. The summed E-state index contributed by atoms with van der Waals surface area (Å²) in [7, 11) is 0. The van der Waals surface area contributed by atoms with Crippen molar-refractivity contribution in [2.75, 3.05) is 0 Å². The van der Waals surface area contributed by atoms with Gasteiger partial charge in [0.05, 0.1) is 6.10 Å². The van der Waals surface area contributed by atoms with Crippen molar-refractivity contribution in [3.05, 3.63) is 35.5 Å². The van der Waals surface area contributed by atoms with Crippen molar-refractivity contribution < 1.29 is 5.11 Å². The summed E-state index contributed by atoms with van der Waals surface area (Å²) in [6.07, 6.45) is 18.5. The average molecular weight is 397 g/mol. The molecule has 4 rings (SSSR count). The van der Waals surface area contributed by atoms with Crippen molar-refractivity contribution in [2.24, 2.45) is 46.3 Å². The van der Waals surface area contributed by atoms with Crippen LogP contribution < -0.4 is 0 Å². The first-order valence-electron chi connectivity index (χ1n) is 12.4. The third-order valence-electron chi connectivity index (χ3n) is 9.94. The summed E-state index contributed by atoms with van der Waals surface area (Å²) in [6, 6.07) is 0. The van der Waals surface area contributed by atoms with E-state index in [4.69, 9.17) is 0 Å². The highest BCUT2D eigenvalue weighted by Gasteiger charge is 2.55. The highest BCUT2D eigenvalue weighted by molar-refractivity contribution is 5.46. The summed E-state index contributed by atoms with van der Waals surface area (Å²) < 4.78 is 0. The van der Waals surface area contributed by atoms with Gasteiger partial charge in [0.15, 0.2) is 0 Å². The number of fused-ring (bicyclic) bond motifs is 5. The predicted molar refractivity (Wildman–Crippen MR) is 123 cm³/mol. The van der Waals surface area contributed by atoms with Gasteiger partial charge in [0, 0.05) is 0 Å². The molecule has 4 aliphatic carbocycles. The molecular weight excluding hydrogens is 352 g/mol. The Hall–Kier alpha value is -0.820. The van der Waals surface area contributed by atoms with E-state index in [2.05, 4.69) is 65.8 Å². The molecule has 0 unspecified atom stereocenters. The fourth-order valence-corrected chi connectivity index (χ4v) is 7.44. The SMILES string of the molecule is CC(C)[C@@H](C)/C=C/[C@@H](C)[C@H]1CC[C@H]2C3=CC[C@@H]4C[C@@H](O)CC[C@]4(C)C3=CC[C@]12C. The Morgan fingerprint density at radius 3 is 2.52 bits per heavy atom. The van der Waals surface area contributed by atoms with Gasteiger partial charge in [0.1, 0.15) is 0 Å². The molecule has 2 fully saturated rings. The zero-order chi connectivity index (χ0) is 21.0. The van der Waals surface area contributed by atoms with E-state index >= 15 is 0 Å². The molecule has 1 heteroatoms. The van der Waals surface area contributed by atoms with Crippen molar-refractivity contribution >= 4 is 0 Å². The minimum absolute atomic E-state index is 0.0748. The Kier molecular flexibility index (Phi) is 5.69. The topological polar surface area (TPSA) is 20.2 Å². The monoisotopic (exact) mass is 396 g/mol. The normalized spacial score (nSPS) is 44.0. The molecule has 0 radical (unpaired) electrons. The molecule has 1 N–H and O–H groups in total. The highest BCUT2D eigenvalue weighted by atomic mass is 16.3. The van der Waals surface area contributed by atoms with E-state index in [1.807, 2.05) is 0 Å². The van der Waals surface area contributed by atoms with E-state index in [-0.39, 0.29) is 6.10 Å². The van der Waals surface area contributed by atoms with Gasteiger partial charge in [-0.3, -0.25) is 0 Å². The van der Waals surface area contributed by atoms with Crippen molar-refractivity contribution in [3.63, 3.8) is 0 Å². The largest absolute Gasteiger partial charge is 0.393 e. The number of hydrogen-bond acceptors (Lipinski definition) is 1. The first kappa shape index (κ1) is 21.4. The van der Waals surface area contributed by atoms with Crippen molar-refractivity contribution in [3.8, 4) is 0 Å². The number of aliphatic hydroxyl groups excluding tert-OH is 1. The van der Waals surface area contributed by atoms with Gasteiger partial charge in [0.25, 0.3) is 0 Å². The second-order valence-corrected chi connectivity index (χ2v) is 11.8. The molecule has 0 amide bonds. The smallest absolute Gasteiger partial charge is 0.0543 e. The quantitative estimate of drug-likeness (QED) is 0.493. The molecule has 0 aliphatic heterocycles. The van der Waals surface area contributed by atoms with Crippen LogP contribution in [0.1, 0.15) is 86.5 Å². The van der Waals surface area contributed by atoms with E-state index in [1.54, 1.807) is 11.1 Å². The van der Waals surface area contributed by atoms with Crippen LogP contribution in [0, 0.1) is 46.3 Å². The number of allylic oxidation sites excluding steroid dienone is 6. The highest BCUT2D eigenvalue weighted by Crippen LogP contribution is 2.64. The maximum absolute atomic E-state index is 10.2. The van der Waals surface area contributed by atoms with Gasteiger partial charge in [-0.1, -0.05) is 65.8 Å². The maximum Gasteiger partial charge on any atom is 0.0543 e. The lowest BCUT2D eigenvalue weighted by atomic mass is 9.51. The Morgan fingerprint density at radius 1 is 1.03 bits per heavy atom. The third-order valence-corrected chi connectivity index (χ3v) is 9.94. The standard InChI is InChI=1S/C28H44O/c1-18(2)19(3)7-8-20(4)24-11-12-25-23-10-9-21-17-22(29)13-15-27(21,5)26(23)14-16-28(24,25)6/h7-8,10,14,18-22,24-25,29H,9,11-13,15-17H2,1-6H3/b8-7+/t19-,20+,21+,22-,24+,25-,27-,28+/m0/s1. The van der Waals surface area contributed by atoms with Crippen molar-refractivity contribution in [1.82, 2.24) is 0 Å². The van der Waals surface area contributed by atoms with Gasteiger partial charge < -0.3 is 5.11 Å². The first-order chi connectivity index (χ1) is 13.7. The van der Waals surface area contributed by atoms with Gasteiger partial charge in [-0.25, -0.2) is 0 Å². The molecule has 0 aromatic carbocycles. The average Bonchev–Trinajstić information content (AvgIpc) is 3.03. The molecule has 1 nitrogen and oxygen atoms in total. The Labute approximate surface area is 179 Å². The molecule has 4 aliphatic rings. The number of hydrogen-bond donors (Lipinski definition) is 1. The van der Waals surface area contributed by atoms with E-state index in [0.29, 0.717) is 28.6 Å². The van der Waals surface area contributed by atoms with Crippen LogP contribution in [0.2, 0.25) is 0 Å². The molecular formula is C28H44O. The Morgan fingerprint density at radius 2 is 1.79 bits per heavy atom. The zero-order valence-corrected chi connectivity index (χ0v) is 19.7. The van der Waals surface area contributed by atoms with Crippen LogP contribution in [0.15, 0.2) is 35.5 Å². The molecule has 2 saturated carbocycles. The molecule has 162 valence electrons. The Balaban J connectivity index is 1.58. The van der Waals surface area contributed by atoms with Crippen molar-refractivity contribution in [2.45, 2.75) is 92.6 Å². The number of rotatable bonds is 4. The molecule has 0 bridgehead atoms. The fourth-order valence-electron chi connectivity index (χ4n) is 7.44. The first-order valence-corrected chi connectivity index (χ1v) is 12.4. The minimum Gasteiger partial charge on any atom is -0.393 e. The van der Waals surface area contributed by atoms with Crippen LogP contribution in [0.4, 0.5) is 0 Å². The van der Waals surface area contributed by atoms with Gasteiger partial charge >= 0.3 is 0 Å². The lowest BCUT2D eigenvalue weighted by Crippen LogP contribution is -2.44. The van der Waals surface area contributed by atoms with E-state index < -0.39 is 0 Å². The molecule has 29 heavy (non-hydrogen) atoms. The van der Waals surface area contributed by atoms with Crippen LogP contribution >= 0.6 is 0 Å². The van der Waals surface area contributed by atoms with E-state index in [1.165, 1.54) is 32.1 Å². The summed E-state index contributed by atoms with van der Waals surface area (Å²) in [6.45, 7) is 14.6. The minimum atomic E-state index is -0.0748. The maximum atomic E-state index is 10.2. The van der Waals surface area contributed by atoms with E-state index in [0.717, 1.165) is 30.6 Å². The van der Waals surface area contributed by atoms with Gasteiger partial charge in [-0.15, -0.1) is 0 Å². The molecule has 0 aromatic rings. The predicted octanol–water partition coefficient (Wildman–Crippen LogP) is 7.33. The van der Waals surface area contributed by atoms with Gasteiger partial charge in [-0.2, -0.15) is 0 Å². The van der Waals surface area contributed by atoms with Crippen LogP contribution in [0.3, 0.4) is 0 Å². The summed E-state index contributed by atoms with van der Waals surface area (Å²) in [5.74, 6) is 4.23. The molecule has 0 heterocycles. The number of aliphatic hydroxyl groups is 1. The zero-order valence-electron chi connectivity index (χ0n) is 19.7. The van der Waals surface area contributed by atoms with Gasteiger partial charge in [0.2, 0.25) is 0 Å². The van der Waals surface area contributed by atoms with Crippen LogP contribution in [-0.2, 0) is 0 Å². The lowest BCUT2D eigenvalue weighted by Gasteiger charge is -2.53. The second-order valence-electron chi connectivity index (χ2n) is 11.8. The van der Waals surface area contributed by atoms with Crippen LogP contribution in [0.5, 0.6) is 0 Å². The summed E-state index contributed by atoms with van der Waals surface area (Å²) >= 11 is 0. The van der Waals surface area contributed by atoms with Crippen molar-refractivity contribution in [1.29, 1.82) is 0 Å². The Bertz CT molecular complexity index is 712. The molecule has 0 aromatic heterocycles. The molecule has 0 saturated heterocycles. The van der Waals surface area contributed by atoms with Gasteiger partial charge in [-0.05, 0) is 102 Å².